The number of halogens is 2. The highest BCUT2D eigenvalue weighted by atomic mass is 35.5. The number of carbonyl (C=O) groups is 1. The standard InChI is InChI=1S/C22H21ClFN5OS2/c23-16-10-14(3-4-17(16)24)27-21-20-15-5-7-29(11-18(15)32-22(20)26-12-25-21)19(30)2-1-6-28-8-9-31-13-28/h1-4,10,12H,5-9,11,13H2,(H,25,26,27). The molecule has 0 spiro atoms. The summed E-state index contributed by atoms with van der Waals surface area (Å²) in [5, 5.41) is 4.26. The normalized spacial score (nSPS) is 16.8. The molecule has 1 aromatic carbocycles. The summed E-state index contributed by atoms with van der Waals surface area (Å²) in [5.41, 5.74) is 1.83. The zero-order valence-electron chi connectivity index (χ0n) is 17.2. The number of nitrogens with one attached hydrogen (secondary N) is 1. The van der Waals surface area contributed by atoms with Gasteiger partial charge in [0.2, 0.25) is 5.91 Å². The fraction of sp³-hybridized carbons (Fsp3) is 0.318. The van der Waals surface area contributed by atoms with Crippen LogP contribution in [0.3, 0.4) is 0 Å². The lowest BCUT2D eigenvalue weighted by atomic mass is 10.0. The number of aromatic nitrogens is 2. The van der Waals surface area contributed by atoms with Crippen LogP contribution in [0, 0.1) is 5.82 Å². The van der Waals surface area contributed by atoms with Gasteiger partial charge in [-0.3, -0.25) is 9.69 Å². The summed E-state index contributed by atoms with van der Waals surface area (Å²) in [4.78, 5) is 27.8. The minimum atomic E-state index is -0.462. The highest BCUT2D eigenvalue weighted by Crippen LogP contribution is 2.38. The third-order valence-corrected chi connectivity index (χ3v) is 8.01. The number of anilines is 2. The minimum absolute atomic E-state index is 0.0466. The first-order chi connectivity index (χ1) is 15.6. The highest BCUT2D eigenvalue weighted by molar-refractivity contribution is 7.99. The van der Waals surface area contributed by atoms with Crippen molar-refractivity contribution in [3.8, 4) is 0 Å². The van der Waals surface area contributed by atoms with Crippen LogP contribution in [-0.2, 0) is 17.8 Å². The van der Waals surface area contributed by atoms with Gasteiger partial charge in [0.05, 0.1) is 17.0 Å². The second-order valence-corrected chi connectivity index (χ2v) is 10.3. The molecule has 0 saturated carbocycles. The molecule has 2 aromatic heterocycles. The molecule has 1 saturated heterocycles. The summed E-state index contributed by atoms with van der Waals surface area (Å²) in [6, 6.07) is 4.49. The lowest BCUT2D eigenvalue weighted by molar-refractivity contribution is -0.126. The van der Waals surface area contributed by atoms with Gasteiger partial charge >= 0.3 is 0 Å². The van der Waals surface area contributed by atoms with Crippen LogP contribution in [-0.4, -0.2) is 56.9 Å². The molecule has 0 unspecified atom stereocenters. The Morgan fingerprint density at radius 2 is 2.22 bits per heavy atom. The third kappa shape index (κ3) is 4.47. The van der Waals surface area contributed by atoms with Crippen LogP contribution in [0.15, 0.2) is 36.7 Å². The van der Waals surface area contributed by atoms with E-state index in [1.165, 1.54) is 24.0 Å². The van der Waals surface area contributed by atoms with E-state index in [0.29, 0.717) is 24.6 Å². The molecule has 6 nitrogen and oxygen atoms in total. The SMILES string of the molecule is O=C(C=CCN1CCSC1)N1CCc2c(sc3ncnc(Nc4ccc(F)c(Cl)c4)c23)C1. The lowest BCUT2D eigenvalue weighted by Crippen LogP contribution is -2.34. The van der Waals surface area contributed by atoms with Crippen LogP contribution in [0.4, 0.5) is 15.9 Å². The maximum atomic E-state index is 13.5. The van der Waals surface area contributed by atoms with Crippen molar-refractivity contribution >= 4 is 62.3 Å². The molecule has 2 aliphatic heterocycles. The summed E-state index contributed by atoms with van der Waals surface area (Å²) < 4.78 is 13.5. The van der Waals surface area contributed by atoms with Gasteiger partial charge in [-0.1, -0.05) is 17.7 Å². The maximum absolute atomic E-state index is 13.5. The van der Waals surface area contributed by atoms with E-state index in [0.717, 1.165) is 46.2 Å². The van der Waals surface area contributed by atoms with Crippen LogP contribution < -0.4 is 5.32 Å². The third-order valence-electron chi connectivity index (χ3n) is 5.58. The van der Waals surface area contributed by atoms with Gasteiger partial charge < -0.3 is 10.2 Å². The van der Waals surface area contributed by atoms with E-state index >= 15 is 0 Å². The molecule has 0 aliphatic carbocycles. The fourth-order valence-electron chi connectivity index (χ4n) is 3.93. The maximum Gasteiger partial charge on any atom is 0.246 e. The Balaban J connectivity index is 1.34. The van der Waals surface area contributed by atoms with Gasteiger partial charge in [0, 0.05) is 47.9 Å². The van der Waals surface area contributed by atoms with Crippen molar-refractivity contribution in [2.75, 3.05) is 36.6 Å². The topological polar surface area (TPSA) is 61.4 Å². The van der Waals surface area contributed by atoms with Crippen molar-refractivity contribution < 1.29 is 9.18 Å². The molecule has 10 heteroatoms. The second kappa shape index (κ2) is 9.35. The molecule has 4 heterocycles. The molecular formula is C22H21ClFN5OS2. The number of amides is 1. The Hall–Kier alpha value is -2.20. The molecule has 2 aliphatic rings. The molecule has 1 amide bonds. The second-order valence-electron chi connectivity index (χ2n) is 7.69. The Morgan fingerprint density at radius 3 is 3.03 bits per heavy atom. The van der Waals surface area contributed by atoms with Gasteiger partial charge in [-0.15, -0.1) is 23.1 Å². The van der Waals surface area contributed by atoms with Gasteiger partial charge in [0.15, 0.2) is 0 Å². The van der Waals surface area contributed by atoms with Gasteiger partial charge in [-0.25, -0.2) is 14.4 Å². The molecule has 1 N–H and O–H groups in total. The summed E-state index contributed by atoms with van der Waals surface area (Å²) in [5.74, 6) is 2.45. The summed E-state index contributed by atoms with van der Waals surface area (Å²) in [7, 11) is 0. The molecular weight excluding hydrogens is 469 g/mol. The highest BCUT2D eigenvalue weighted by Gasteiger charge is 2.25. The molecule has 5 rings (SSSR count). The monoisotopic (exact) mass is 489 g/mol. The number of benzene rings is 1. The Labute approximate surface area is 198 Å². The van der Waals surface area contributed by atoms with Crippen molar-refractivity contribution in [3.63, 3.8) is 0 Å². The average Bonchev–Trinajstić information content (AvgIpc) is 3.43. The zero-order chi connectivity index (χ0) is 22.1. The first-order valence-electron chi connectivity index (χ1n) is 10.3. The predicted molar refractivity (Wildman–Crippen MR) is 129 cm³/mol. The number of hydrogen-bond acceptors (Lipinski definition) is 7. The Morgan fingerprint density at radius 1 is 1.31 bits per heavy atom. The number of thioether (sulfide) groups is 1. The minimum Gasteiger partial charge on any atom is -0.340 e. The van der Waals surface area contributed by atoms with E-state index in [4.69, 9.17) is 11.6 Å². The molecule has 32 heavy (non-hydrogen) atoms. The molecule has 0 bridgehead atoms. The van der Waals surface area contributed by atoms with Gasteiger partial charge in [0.1, 0.15) is 22.8 Å². The first kappa shape index (κ1) is 21.6. The Bertz CT molecular complexity index is 1190. The lowest BCUT2D eigenvalue weighted by Gasteiger charge is -2.26. The predicted octanol–water partition coefficient (Wildman–Crippen LogP) is 4.67. The van der Waals surface area contributed by atoms with E-state index < -0.39 is 5.82 Å². The van der Waals surface area contributed by atoms with Crippen molar-refractivity contribution in [3.05, 3.63) is 58.0 Å². The number of rotatable bonds is 5. The van der Waals surface area contributed by atoms with Crippen molar-refractivity contribution in [2.45, 2.75) is 13.0 Å². The largest absolute Gasteiger partial charge is 0.340 e. The van der Waals surface area contributed by atoms with Crippen molar-refractivity contribution in [1.82, 2.24) is 19.8 Å². The number of thiophene rings is 1. The van der Waals surface area contributed by atoms with Gasteiger partial charge in [0.25, 0.3) is 0 Å². The van der Waals surface area contributed by atoms with Crippen LogP contribution in [0.25, 0.3) is 10.2 Å². The van der Waals surface area contributed by atoms with Gasteiger partial charge in [-0.2, -0.15) is 0 Å². The molecule has 3 aromatic rings. The van der Waals surface area contributed by atoms with Crippen LogP contribution in [0.1, 0.15) is 10.4 Å². The molecule has 0 radical (unpaired) electrons. The van der Waals surface area contributed by atoms with E-state index in [-0.39, 0.29) is 10.9 Å². The zero-order valence-corrected chi connectivity index (χ0v) is 19.6. The smallest absolute Gasteiger partial charge is 0.246 e. The van der Waals surface area contributed by atoms with E-state index in [9.17, 15) is 9.18 Å². The van der Waals surface area contributed by atoms with Crippen LogP contribution in [0.5, 0.6) is 0 Å². The first-order valence-corrected chi connectivity index (χ1v) is 12.7. The molecule has 1 fully saturated rings. The van der Waals surface area contributed by atoms with Crippen LogP contribution in [0.2, 0.25) is 5.02 Å². The molecule has 0 atom stereocenters. The quantitative estimate of drug-likeness (QED) is 0.525. The van der Waals surface area contributed by atoms with Gasteiger partial charge in [-0.05, 0) is 30.2 Å². The van der Waals surface area contributed by atoms with E-state index in [1.54, 1.807) is 23.5 Å². The summed E-state index contributed by atoms with van der Waals surface area (Å²) >= 11 is 9.43. The number of hydrogen-bond donors (Lipinski definition) is 1. The average molecular weight is 490 g/mol. The number of carbonyl (C=O) groups excluding carboxylic acids is 1. The van der Waals surface area contributed by atoms with Crippen LogP contribution >= 0.6 is 34.7 Å². The summed E-state index contributed by atoms with van der Waals surface area (Å²) in [6.07, 6.45) is 5.92. The number of fused-ring (bicyclic) bond motifs is 3. The Kier molecular flexibility index (Phi) is 6.32. The van der Waals surface area contributed by atoms with E-state index in [1.807, 2.05) is 22.7 Å². The van der Waals surface area contributed by atoms with Crippen molar-refractivity contribution in [2.24, 2.45) is 0 Å². The summed E-state index contributed by atoms with van der Waals surface area (Å²) in [6.45, 7) is 3.12. The fourth-order valence-corrected chi connectivity index (χ4v) is 6.32. The van der Waals surface area contributed by atoms with Crippen molar-refractivity contribution in [1.29, 1.82) is 0 Å². The number of nitrogens with zero attached hydrogens (tertiary/aromatic N) is 4. The van der Waals surface area contributed by atoms with E-state index in [2.05, 4.69) is 20.2 Å². The molecule has 166 valence electrons.